The Morgan fingerprint density at radius 2 is 1.72 bits per heavy atom. The van der Waals surface area contributed by atoms with Gasteiger partial charge >= 0.3 is 0 Å². The maximum Gasteiger partial charge on any atom is 0.276 e. The first-order valence-corrected chi connectivity index (χ1v) is 11.4. The summed E-state index contributed by atoms with van der Waals surface area (Å²) in [5, 5.41) is 7.73. The number of aryl methyl sites for hydroxylation is 1. The maximum atomic E-state index is 12.9. The second-order valence-electron chi connectivity index (χ2n) is 7.16. The molecule has 162 valence electrons. The second kappa shape index (κ2) is 8.48. The van der Waals surface area contributed by atoms with Crippen molar-refractivity contribution in [2.24, 2.45) is 11.0 Å². The summed E-state index contributed by atoms with van der Waals surface area (Å²) < 4.78 is 25.2. The monoisotopic (exact) mass is 466 g/mol. The van der Waals surface area contributed by atoms with E-state index in [2.05, 4.69) is 15.2 Å². The van der Waals surface area contributed by atoms with Crippen LogP contribution in [0, 0.1) is 12.8 Å². The molecule has 10 heteroatoms. The zero-order chi connectivity index (χ0) is 22.9. The van der Waals surface area contributed by atoms with Crippen molar-refractivity contribution >= 4 is 61.8 Å². The lowest BCUT2D eigenvalue weighted by Gasteiger charge is -2.30. The molecule has 0 unspecified atom stereocenters. The van der Waals surface area contributed by atoms with E-state index in [1.807, 2.05) is 37.3 Å². The van der Waals surface area contributed by atoms with Crippen molar-refractivity contribution in [3.63, 3.8) is 0 Å². The number of sulfonamides is 1. The van der Waals surface area contributed by atoms with Crippen molar-refractivity contribution in [2.75, 3.05) is 4.90 Å². The molecule has 1 atom stereocenters. The van der Waals surface area contributed by atoms with Gasteiger partial charge in [0.05, 0.1) is 10.6 Å². The van der Waals surface area contributed by atoms with Crippen LogP contribution in [0.25, 0.3) is 10.8 Å². The van der Waals surface area contributed by atoms with Gasteiger partial charge in [-0.2, -0.15) is 13.5 Å². The molecule has 1 aliphatic rings. The highest BCUT2D eigenvalue weighted by molar-refractivity contribution is 7.89. The number of rotatable bonds is 5. The summed E-state index contributed by atoms with van der Waals surface area (Å²) in [6.07, 6.45) is 0.958. The summed E-state index contributed by atoms with van der Waals surface area (Å²) >= 11 is 5.14. The van der Waals surface area contributed by atoms with Crippen LogP contribution >= 0.6 is 12.2 Å². The molecule has 4 rings (SSSR count). The minimum Gasteiger partial charge on any atom is -0.301 e. The fraction of sp³-hybridized carbons (Fsp3) is 0.0909. The van der Waals surface area contributed by atoms with Crippen molar-refractivity contribution in [3.05, 3.63) is 72.3 Å². The highest BCUT2D eigenvalue weighted by Gasteiger charge is 2.38. The van der Waals surface area contributed by atoms with Crippen LogP contribution < -0.4 is 15.0 Å². The summed E-state index contributed by atoms with van der Waals surface area (Å²) in [4.78, 5) is 28.5. The number of hydrazone groups is 1. The van der Waals surface area contributed by atoms with Crippen LogP contribution in [0.3, 0.4) is 0 Å². The van der Waals surface area contributed by atoms with Crippen LogP contribution in [0.4, 0.5) is 5.69 Å². The minimum atomic E-state index is -4.00. The molecule has 8 nitrogen and oxygen atoms in total. The van der Waals surface area contributed by atoms with E-state index in [-0.39, 0.29) is 10.0 Å². The number of amides is 2. The van der Waals surface area contributed by atoms with Crippen LogP contribution in [-0.2, 0) is 19.6 Å². The zero-order valence-electron chi connectivity index (χ0n) is 16.8. The number of carbonyl (C=O) groups excluding carboxylic acids is 2. The van der Waals surface area contributed by atoms with Gasteiger partial charge in [-0.1, -0.05) is 48.0 Å². The number of thiocarbonyl (C=S) groups is 1. The zero-order valence-corrected chi connectivity index (χ0v) is 18.5. The van der Waals surface area contributed by atoms with Gasteiger partial charge in [-0.15, -0.1) is 0 Å². The van der Waals surface area contributed by atoms with Gasteiger partial charge in [-0.05, 0) is 54.2 Å². The normalized spacial score (nSPS) is 17.1. The van der Waals surface area contributed by atoms with E-state index in [4.69, 9.17) is 12.2 Å². The fourth-order valence-corrected chi connectivity index (χ4v) is 4.35. The molecule has 2 N–H and O–H groups in total. The second-order valence-corrected chi connectivity index (χ2v) is 9.21. The Kier molecular flexibility index (Phi) is 5.72. The minimum absolute atomic E-state index is 0.00947. The van der Waals surface area contributed by atoms with E-state index in [0.29, 0.717) is 5.69 Å². The Morgan fingerprint density at radius 3 is 2.44 bits per heavy atom. The lowest BCUT2D eigenvalue weighted by atomic mass is 10.1. The Bertz CT molecular complexity index is 1370. The number of nitrogens with zero attached hydrogens (tertiary/aromatic N) is 2. The van der Waals surface area contributed by atoms with Crippen molar-refractivity contribution < 1.29 is 18.0 Å². The first kappa shape index (κ1) is 21.6. The van der Waals surface area contributed by atoms with Crippen LogP contribution in [0.1, 0.15) is 5.56 Å². The van der Waals surface area contributed by atoms with Gasteiger partial charge in [0.1, 0.15) is 0 Å². The maximum absolute atomic E-state index is 12.9. The summed E-state index contributed by atoms with van der Waals surface area (Å²) in [7, 11) is -4.00. The molecule has 1 heterocycles. The Balaban J connectivity index is 1.54. The van der Waals surface area contributed by atoms with E-state index in [0.717, 1.165) is 22.6 Å². The number of benzene rings is 3. The molecular formula is C22H18N4O4S2. The third-order valence-electron chi connectivity index (χ3n) is 4.92. The molecule has 32 heavy (non-hydrogen) atoms. The number of fused-ring (bicyclic) bond motifs is 1. The topological polar surface area (TPSA) is 108 Å². The van der Waals surface area contributed by atoms with Crippen molar-refractivity contribution in [1.29, 1.82) is 0 Å². The van der Waals surface area contributed by atoms with E-state index in [1.165, 1.54) is 17.0 Å². The Labute approximate surface area is 190 Å². The number of nitrogens with one attached hydrogen (secondary N) is 2. The number of hydrogen-bond donors (Lipinski definition) is 2. The average molecular weight is 467 g/mol. The standard InChI is InChI=1S/C22H18N4O4S2/c1-14-6-9-17(10-7-14)26-21(28)19(20(27)24-22(26)31)13-23-25-32(29,30)18-11-8-15-4-2-3-5-16(15)12-18/h2-13,19,25H,1H3,(H,24,27,31)/b23-13-/t19-/m1/s1. The molecule has 1 fully saturated rings. The highest BCUT2D eigenvalue weighted by Crippen LogP contribution is 2.21. The quantitative estimate of drug-likeness (QED) is 0.260. The van der Waals surface area contributed by atoms with Crippen LogP contribution in [0.15, 0.2) is 76.7 Å². The van der Waals surface area contributed by atoms with Gasteiger partial charge in [0.15, 0.2) is 11.0 Å². The lowest BCUT2D eigenvalue weighted by Crippen LogP contribution is -2.58. The molecule has 3 aromatic rings. The molecule has 0 bridgehead atoms. The first-order chi connectivity index (χ1) is 15.3. The largest absolute Gasteiger partial charge is 0.301 e. The lowest BCUT2D eigenvalue weighted by molar-refractivity contribution is -0.130. The third kappa shape index (κ3) is 4.23. The molecule has 3 aromatic carbocycles. The average Bonchev–Trinajstić information content (AvgIpc) is 2.77. The molecule has 2 amide bonds. The highest BCUT2D eigenvalue weighted by atomic mass is 32.2. The molecule has 0 spiro atoms. The molecule has 0 aliphatic carbocycles. The molecule has 0 saturated carbocycles. The first-order valence-electron chi connectivity index (χ1n) is 9.55. The van der Waals surface area contributed by atoms with E-state index < -0.39 is 27.8 Å². The summed E-state index contributed by atoms with van der Waals surface area (Å²) in [5.74, 6) is -2.66. The van der Waals surface area contributed by atoms with Crippen molar-refractivity contribution in [1.82, 2.24) is 10.1 Å². The fourth-order valence-electron chi connectivity index (χ4n) is 3.22. The Morgan fingerprint density at radius 1 is 1.03 bits per heavy atom. The summed E-state index contributed by atoms with van der Waals surface area (Å²) in [6.45, 7) is 1.90. The molecule has 0 aromatic heterocycles. The molecule has 0 radical (unpaired) electrons. The van der Waals surface area contributed by atoms with Crippen LogP contribution in [0.5, 0.6) is 0 Å². The van der Waals surface area contributed by atoms with E-state index in [9.17, 15) is 18.0 Å². The number of anilines is 1. The smallest absolute Gasteiger partial charge is 0.276 e. The van der Waals surface area contributed by atoms with Gasteiger partial charge in [0.2, 0.25) is 5.91 Å². The number of hydrogen-bond acceptors (Lipinski definition) is 6. The van der Waals surface area contributed by atoms with Gasteiger partial charge in [0.25, 0.3) is 15.9 Å². The molecule has 1 aliphatic heterocycles. The molecular weight excluding hydrogens is 448 g/mol. The van der Waals surface area contributed by atoms with Crippen molar-refractivity contribution in [2.45, 2.75) is 11.8 Å². The predicted molar refractivity (Wildman–Crippen MR) is 126 cm³/mol. The van der Waals surface area contributed by atoms with Gasteiger partial charge in [0, 0.05) is 6.21 Å². The van der Waals surface area contributed by atoms with Crippen LogP contribution in [0.2, 0.25) is 0 Å². The van der Waals surface area contributed by atoms with Gasteiger partial charge in [-0.25, -0.2) is 4.83 Å². The number of carbonyl (C=O) groups is 2. The van der Waals surface area contributed by atoms with Gasteiger partial charge in [-0.3, -0.25) is 14.5 Å². The summed E-state index contributed by atoms with van der Waals surface area (Å²) in [5.41, 5.74) is 1.48. The third-order valence-corrected chi connectivity index (χ3v) is 6.43. The SMILES string of the molecule is Cc1ccc(N2C(=O)[C@H](/C=N\NS(=O)(=O)c3ccc4ccccc4c3)C(=O)NC2=S)cc1. The van der Waals surface area contributed by atoms with Crippen molar-refractivity contribution in [3.8, 4) is 0 Å². The predicted octanol–water partition coefficient (Wildman–Crippen LogP) is 2.48. The molecule has 1 saturated heterocycles. The van der Waals surface area contributed by atoms with Gasteiger partial charge < -0.3 is 5.32 Å². The van der Waals surface area contributed by atoms with E-state index >= 15 is 0 Å². The van der Waals surface area contributed by atoms with Crippen LogP contribution in [-0.4, -0.2) is 31.6 Å². The Hall–Kier alpha value is -3.63. The van der Waals surface area contributed by atoms with E-state index in [1.54, 1.807) is 24.3 Å². The summed E-state index contributed by atoms with van der Waals surface area (Å²) in [6, 6.07) is 19.0.